The van der Waals surface area contributed by atoms with Crippen molar-refractivity contribution in [2.24, 2.45) is 0 Å². The van der Waals surface area contributed by atoms with E-state index in [-0.39, 0.29) is 34.2 Å². The van der Waals surface area contributed by atoms with E-state index in [0.29, 0.717) is 10.00 Å². The lowest BCUT2D eigenvalue weighted by Gasteiger charge is -2.15. The highest BCUT2D eigenvalue weighted by atomic mass is 32.2. The van der Waals surface area contributed by atoms with Gasteiger partial charge in [0.2, 0.25) is 0 Å². The second-order valence-corrected chi connectivity index (χ2v) is 7.66. The van der Waals surface area contributed by atoms with E-state index >= 15 is 0 Å². The van der Waals surface area contributed by atoms with Gasteiger partial charge in [0, 0.05) is 0 Å². The van der Waals surface area contributed by atoms with E-state index in [0.717, 1.165) is 11.5 Å². The van der Waals surface area contributed by atoms with E-state index < -0.39 is 21.9 Å². The number of carbonyl (C=O) groups excluding carboxylic acids is 2. The van der Waals surface area contributed by atoms with Gasteiger partial charge in [0.25, 0.3) is 15.9 Å². The SMILES string of the molecule is Cc1nsc(N)c1C(=O)OCCN1C(=O)c2ccccc2S1(=O)=O. The summed E-state index contributed by atoms with van der Waals surface area (Å²) in [6, 6.07) is 5.95. The van der Waals surface area contributed by atoms with Crippen LogP contribution in [0.3, 0.4) is 0 Å². The van der Waals surface area contributed by atoms with Crippen molar-refractivity contribution in [1.82, 2.24) is 8.68 Å². The summed E-state index contributed by atoms with van der Waals surface area (Å²) in [5.41, 5.74) is 6.38. The summed E-state index contributed by atoms with van der Waals surface area (Å²) >= 11 is 0.976. The fourth-order valence-electron chi connectivity index (χ4n) is 2.38. The van der Waals surface area contributed by atoms with E-state index in [9.17, 15) is 18.0 Å². The van der Waals surface area contributed by atoms with Crippen molar-refractivity contribution in [3.05, 3.63) is 41.1 Å². The Bertz CT molecular complexity index is 916. The second kappa shape index (κ2) is 5.87. The third kappa shape index (κ3) is 2.53. The Labute approximate surface area is 142 Å². The average Bonchev–Trinajstić information content (AvgIpc) is 2.97. The van der Waals surface area contributed by atoms with E-state index in [1.807, 2.05) is 0 Å². The topological polar surface area (TPSA) is 120 Å². The Hall–Kier alpha value is -2.46. The Balaban J connectivity index is 1.70. The molecule has 8 nitrogen and oxygen atoms in total. The number of esters is 1. The Kier molecular flexibility index (Phi) is 4.01. The maximum absolute atomic E-state index is 12.3. The molecule has 0 unspecified atom stereocenters. The van der Waals surface area contributed by atoms with Crippen LogP contribution in [0.4, 0.5) is 5.00 Å². The minimum atomic E-state index is -3.91. The first-order valence-corrected chi connectivity index (χ1v) is 9.10. The zero-order valence-corrected chi connectivity index (χ0v) is 14.2. The fourth-order valence-corrected chi connectivity index (χ4v) is 4.58. The lowest BCUT2D eigenvalue weighted by molar-refractivity contribution is 0.0478. The summed E-state index contributed by atoms with van der Waals surface area (Å²) in [7, 11) is -3.91. The number of nitrogen functional groups attached to an aromatic ring is 1. The van der Waals surface area contributed by atoms with Gasteiger partial charge in [-0.1, -0.05) is 12.1 Å². The molecule has 1 amide bonds. The lowest BCUT2D eigenvalue weighted by atomic mass is 10.2. The number of nitrogens with two attached hydrogens (primary N) is 1. The number of hydrogen-bond acceptors (Lipinski definition) is 8. The van der Waals surface area contributed by atoms with Crippen LogP contribution in [0.5, 0.6) is 0 Å². The summed E-state index contributed by atoms with van der Waals surface area (Å²) in [5, 5.41) is 0.231. The van der Waals surface area contributed by atoms with Crippen LogP contribution < -0.4 is 5.73 Å². The number of sulfonamides is 1. The van der Waals surface area contributed by atoms with Crippen LogP contribution >= 0.6 is 11.5 Å². The Morgan fingerprint density at radius 3 is 2.71 bits per heavy atom. The predicted octanol–water partition coefficient (Wildman–Crippen LogP) is 1.04. The molecule has 2 heterocycles. The van der Waals surface area contributed by atoms with Crippen LogP contribution in [-0.2, 0) is 14.8 Å². The van der Waals surface area contributed by atoms with Crippen molar-refractivity contribution in [2.75, 3.05) is 18.9 Å². The van der Waals surface area contributed by atoms with Gasteiger partial charge in [0.1, 0.15) is 22.1 Å². The van der Waals surface area contributed by atoms with Crippen molar-refractivity contribution in [3.8, 4) is 0 Å². The molecular weight excluding hydrogens is 354 g/mol. The number of fused-ring (bicyclic) bond motifs is 1. The van der Waals surface area contributed by atoms with Crippen LogP contribution in [0.1, 0.15) is 26.4 Å². The number of amides is 1. The number of nitrogens with zero attached hydrogens (tertiary/aromatic N) is 2. The first-order valence-electron chi connectivity index (χ1n) is 6.89. The van der Waals surface area contributed by atoms with Crippen LogP contribution in [0.15, 0.2) is 29.2 Å². The molecule has 1 aliphatic rings. The Morgan fingerprint density at radius 1 is 1.38 bits per heavy atom. The highest BCUT2D eigenvalue weighted by Crippen LogP contribution is 2.29. The van der Waals surface area contributed by atoms with Gasteiger partial charge < -0.3 is 10.5 Å². The molecule has 2 aromatic rings. The van der Waals surface area contributed by atoms with Gasteiger partial charge >= 0.3 is 5.97 Å². The number of aryl methyl sites for hydroxylation is 1. The number of ether oxygens (including phenoxy) is 1. The molecule has 10 heteroatoms. The summed E-state index contributed by atoms with van der Waals surface area (Å²) in [6.45, 7) is 1.08. The molecule has 1 aliphatic heterocycles. The third-order valence-corrected chi connectivity index (χ3v) is 6.14. The smallest absolute Gasteiger partial charge is 0.343 e. The number of benzene rings is 1. The van der Waals surface area contributed by atoms with Crippen LogP contribution in [-0.4, -0.2) is 42.1 Å². The fraction of sp³-hybridized carbons (Fsp3) is 0.214. The van der Waals surface area contributed by atoms with Crippen molar-refractivity contribution in [2.45, 2.75) is 11.8 Å². The van der Waals surface area contributed by atoms with Crippen molar-refractivity contribution in [1.29, 1.82) is 0 Å². The molecular formula is C14H13N3O5S2. The first kappa shape index (κ1) is 16.4. The molecule has 0 atom stereocenters. The Morgan fingerprint density at radius 2 is 2.08 bits per heavy atom. The molecule has 0 saturated heterocycles. The van der Waals surface area contributed by atoms with Crippen molar-refractivity contribution in [3.63, 3.8) is 0 Å². The minimum Gasteiger partial charge on any atom is -0.460 e. The van der Waals surface area contributed by atoms with Gasteiger partial charge in [-0.15, -0.1) is 0 Å². The van der Waals surface area contributed by atoms with Crippen LogP contribution in [0.2, 0.25) is 0 Å². The predicted molar refractivity (Wildman–Crippen MR) is 86.2 cm³/mol. The third-order valence-electron chi connectivity index (χ3n) is 3.53. The maximum atomic E-state index is 12.3. The van der Waals surface area contributed by atoms with Gasteiger partial charge in [-0.3, -0.25) is 4.79 Å². The normalized spacial score (nSPS) is 15.4. The van der Waals surface area contributed by atoms with E-state index in [1.54, 1.807) is 19.1 Å². The standard InChI is InChI=1S/C14H13N3O5S2/c1-8-11(12(15)23-16-8)14(19)22-7-6-17-13(18)9-4-2-3-5-10(9)24(17,20)21/h2-5H,6-7,15H2,1H3. The van der Waals surface area contributed by atoms with Crippen molar-refractivity contribution >= 4 is 38.4 Å². The van der Waals surface area contributed by atoms with Crippen LogP contribution in [0, 0.1) is 6.92 Å². The minimum absolute atomic E-state index is 0.0385. The molecule has 0 spiro atoms. The zero-order valence-electron chi connectivity index (χ0n) is 12.6. The van der Waals surface area contributed by atoms with Crippen molar-refractivity contribution < 1.29 is 22.7 Å². The van der Waals surface area contributed by atoms with Gasteiger partial charge in [0.05, 0.1) is 17.8 Å². The number of rotatable bonds is 4. The summed E-state index contributed by atoms with van der Waals surface area (Å²) < 4.78 is 34.4. The number of aromatic nitrogens is 1. The molecule has 2 N–H and O–H groups in total. The van der Waals surface area contributed by atoms with Gasteiger partial charge in [-0.25, -0.2) is 17.5 Å². The molecule has 0 aliphatic carbocycles. The second-order valence-electron chi connectivity index (χ2n) is 5.02. The molecule has 0 bridgehead atoms. The average molecular weight is 367 g/mol. The highest BCUT2D eigenvalue weighted by molar-refractivity contribution is 7.90. The van der Waals surface area contributed by atoms with E-state index in [2.05, 4.69) is 4.37 Å². The molecule has 126 valence electrons. The first-order chi connectivity index (χ1) is 11.3. The van der Waals surface area contributed by atoms with E-state index in [1.165, 1.54) is 12.1 Å². The van der Waals surface area contributed by atoms with Gasteiger partial charge in [0.15, 0.2) is 0 Å². The summed E-state index contributed by atoms with van der Waals surface area (Å²) in [6.07, 6.45) is 0. The highest BCUT2D eigenvalue weighted by Gasteiger charge is 2.40. The largest absolute Gasteiger partial charge is 0.460 e. The van der Waals surface area contributed by atoms with Gasteiger partial charge in [-0.2, -0.15) is 4.37 Å². The number of hydrogen-bond donors (Lipinski definition) is 1. The van der Waals surface area contributed by atoms with E-state index in [4.69, 9.17) is 10.5 Å². The zero-order chi connectivity index (χ0) is 17.5. The molecule has 24 heavy (non-hydrogen) atoms. The molecule has 3 rings (SSSR count). The van der Waals surface area contributed by atoms with Crippen LogP contribution in [0.25, 0.3) is 0 Å². The summed E-state index contributed by atoms with van der Waals surface area (Å²) in [4.78, 5) is 24.2. The maximum Gasteiger partial charge on any atom is 0.343 e. The molecule has 1 aromatic heterocycles. The quantitative estimate of drug-likeness (QED) is 0.802. The number of anilines is 1. The molecule has 0 radical (unpaired) electrons. The lowest BCUT2D eigenvalue weighted by Crippen LogP contribution is -2.33. The van der Waals surface area contributed by atoms with Gasteiger partial charge in [-0.05, 0) is 30.6 Å². The number of carbonyl (C=O) groups is 2. The monoisotopic (exact) mass is 367 g/mol. The molecule has 0 fully saturated rings. The summed E-state index contributed by atoms with van der Waals surface area (Å²) in [5.74, 6) is -1.32. The molecule has 1 aromatic carbocycles. The molecule has 0 saturated carbocycles.